The van der Waals surface area contributed by atoms with E-state index in [1.807, 2.05) is 0 Å². The van der Waals surface area contributed by atoms with Gasteiger partial charge in [-0.3, -0.25) is 10.2 Å². The summed E-state index contributed by atoms with van der Waals surface area (Å²) in [5.41, 5.74) is 0.727. The molecule has 1 rings (SSSR count). The van der Waals surface area contributed by atoms with Crippen LogP contribution in [0.25, 0.3) is 0 Å². The lowest BCUT2D eigenvalue weighted by Gasteiger charge is -2.39. The van der Waals surface area contributed by atoms with Crippen LogP contribution in [-0.2, 0) is 0 Å². The van der Waals surface area contributed by atoms with Crippen molar-refractivity contribution in [1.82, 2.24) is 10.2 Å². The second-order valence-corrected chi connectivity index (χ2v) is 7.34. The highest BCUT2D eigenvalue weighted by atomic mass is 15.2. The molecule has 0 aromatic carbocycles. The SMILES string of the molecule is CC(C)(C)NCN1CCC(C(C)(C)C)CC1. The largest absolute Gasteiger partial charge is 0.300 e. The summed E-state index contributed by atoms with van der Waals surface area (Å²) in [4.78, 5) is 2.55. The Bertz CT molecular complexity index is 202. The quantitative estimate of drug-likeness (QED) is 0.778. The van der Waals surface area contributed by atoms with Crippen LogP contribution in [0.5, 0.6) is 0 Å². The average molecular weight is 226 g/mol. The molecule has 1 saturated heterocycles. The van der Waals surface area contributed by atoms with Crippen molar-refractivity contribution < 1.29 is 0 Å². The number of rotatable bonds is 2. The van der Waals surface area contributed by atoms with E-state index >= 15 is 0 Å². The minimum Gasteiger partial charge on any atom is -0.300 e. The average Bonchev–Trinajstić information content (AvgIpc) is 2.13. The first-order valence-electron chi connectivity index (χ1n) is 6.66. The lowest BCUT2D eigenvalue weighted by atomic mass is 9.75. The van der Waals surface area contributed by atoms with E-state index in [-0.39, 0.29) is 5.54 Å². The van der Waals surface area contributed by atoms with E-state index in [4.69, 9.17) is 0 Å². The Morgan fingerprint density at radius 2 is 1.50 bits per heavy atom. The molecule has 0 amide bonds. The van der Waals surface area contributed by atoms with Gasteiger partial charge >= 0.3 is 0 Å². The van der Waals surface area contributed by atoms with Crippen LogP contribution in [0.4, 0.5) is 0 Å². The summed E-state index contributed by atoms with van der Waals surface area (Å²) in [5, 5.41) is 3.57. The van der Waals surface area contributed by atoms with Crippen LogP contribution in [0.1, 0.15) is 54.4 Å². The van der Waals surface area contributed by atoms with E-state index < -0.39 is 0 Å². The number of nitrogens with zero attached hydrogens (tertiary/aromatic N) is 1. The Morgan fingerprint density at radius 1 is 1.00 bits per heavy atom. The summed E-state index contributed by atoms with van der Waals surface area (Å²) >= 11 is 0. The predicted octanol–water partition coefficient (Wildman–Crippen LogP) is 3.09. The van der Waals surface area contributed by atoms with Gasteiger partial charge in [-0.1, -0.05) is 20.8 Å². The Kier molecular flexibility index (Phi) is 4.42. The van der Waals surface area contributed by atoms with Crippen molar-refractivity contribution >= 4 is 0 Å². The molecule has 0 bridgehead atoms. The Balaban J connectivity index is 2.28. The molecule has 0 aromatic rings. The number of hydrogen-bond acceptors (Lipinski definition) is 2. The molecular formula is C14H30N2. The van der Waals surface area contributed by atoms with Crippen LogP contribution >= 0.6 is 0 Å². The van der Waals surface area contributed by atoms with Crippen LogP contribution in [-0.4, -0.2) is 30.2 Å². The summed E-state index contributed by atoms with van der Waals surface area (Å²) in [6, 6.07) is 0. The van der Waals surface area contributed by atoms with E-state index in [0.717, 1.165) is 12.6 Å². The van der Waals surface area contributed by atoms with Crippen LogP contribution in [0.2, 0.25) is 0 Å². The van der Waals surface area contributed by atoms with Crippen molar-refractivity contribution in [2.75, 3.05) is 19.8 Å². The molecule has 2 nitrogen and oxygen atoms in total. The lowest BCUT2D eigenvalue weighted by molar-refractivity contribution is 0.100. The predicted molar refractivity (Wildman–Crippen MR) is 71.5 cm³/mol. The molecule has 1 fully saturated rings. The van der Waals surface area contributed by atoms with Crippen LogP contribution in [0, 0.1) is 11.3 Å². The smallest absolute Gasteiger partial charge is 0.0484 e. The Morgan fingerprint density at radius 3 is 1.88 bits per heavy atom. The fourth-order valence-electron chi connectivity index (χ4n) is 2.31. The first-order chi connectivity index (χ1) is 7.18. The fourth-order valence-corrected chi connectivity index (χ4v) is 2.31. The molecule has 0 aromatic heterocycles. The molecular weight excluding hydrogens is 196 g/mol. The molecule has 0 unspecified atom stereocenters. The maximum absolute atomic E-state index is 3.57. The zero-order valence-corrected chi connectivity index (χ0v) is 12.1. The van der Waals surface area contributed by atoms with Crippen LogP contribution in [0.3, 0.4) is 0 Å². The van der Waals surface area contributed by atoms with Gasteiger partial charge in [0.2, 0.25) is 0 Å². The molecule has 1 aliphatic rings. The van der Waals surface area contributed by atoms with Gasteiger partial charge in [0.05, 0.1) is 0 Å². The summed E-state index contributed by atoms with van der Waals surface area (Å²) in [5.74, 6) is 0.901. The molecule has 96 valence electrons. The number of nitrogens with one attached hydrogen (secondary N) is 1. The molecule has 1 aliphatic heterocycles. The minimum absolute atomic E-state index is 0.237. The van der Waals surface area contributed by atoms with Crippen molar-refractivity contribution in [2.24, 2.45) is 11.3 Å². The minimum atomic E-state index is 0.237. The molecule has 0 spiro atoms. The van der Waals surface area contributed by atoms with Gasteiger partial charge in [-0.15, -0.1) is 0 Å². The molecule has 0 saturated carbocycles. The van der Waals surface area contributed by atoms with Gasteiger partial charge in [-0.05, 0) is 58.0 Å². The van der Waals surface area contributed by atoms with E-state index in [1.165, 1.54) is 25.9 Å². The van der Waals surface area contributed by atoms with Gasteiger partial charge in [0.15, 0.2) is 0 Å². The maximum Gasteiger partial charge on any atom is 0.0484 e. The third kappa shape index (κ3) is 4.84. The number of hydrogen-bond donors (Lipinski definition) is 1. The molecule has 16 heavy (non-hydrogen) atoms. The van der Waals surface area contributed by atoms with Gasteiger partial charge in [-0.2, -0.15) is 0 Å². The third-order valence-electron chi connectivity index (χ3n) is 3.65. The first kappa shape index (κ1) is 14.0. The van der Waals surface area contributed by atoms with Gasteiger partial charge in [0.1, 0.15) is 0 Å². The van der Waals surface area contributed by atoms with E-state index in [0.29, 0.717) is 5.41 Å². The van der Waals surface area contributed by atoms with E-state index in [9.17, 15) is 0 Å². The third-order valence-corrected chi connectivity index (χ3v) is 3.65. The van der Waals surface area contributed by atoms with Crippen molar-refractivity contribution in [3.8, 4) is 0 Å². The number of likely N-dealkylation sites (tertiary alicyclic amines) is 1. The molecule has 1 heterocycles. The fraction of sp³-hybridized carbons (Fsp3) is 1.00. The molecule has 0 atom stereocenters. The normalized spacial score (nSPS) is 21.4. The Hall–Kier alpha value is -0.0800. The van der Waals surface area contributed by atoms with Crippen LogP contribution in [0.15, 0.2) is 0 Å². The highest BCUT2D eigenvalue weighted by molar-refractivity contribution is 4.81. The zero-order chi connectivity index (χ0) is 12.4. The molecule has 0 aliphatic carbocycles. The lowest BCUT2D eigenvalue weighted by Crippen LogP contribution is -2.47. The van der Waals surface area contributed by atoms with Crippen molar-refractivity contribution in [2.45, 2.75) is 59.9 Å². The standard InChI is InChI=1S/C14H30N2/c1-13(2,3)12-7-9-16(10-8-12)11-15-14(4,5)6/h12,15H,7-11H2,1-6H3. The van der Waals surface area contributed by atoms with Gasteiger partial charge in [0, 0.05) is 12.2 Å². The summed E-state index contributed by atoms with van der Waals surface area (Å²) in [7, 11) is 0. The second kappa shape index (κ2) is 5.05. The van der Waals surface area contributed by atoms with Gasteiger partial charge < -0.3 is 0 Å². The first-order valence-corrected chi connectivity index (χ1v) is 6.66. The molecule has 2 heteroatoms. The zero-order valence-electron chi connectivity index (χ0n) is 12.1. The molecule has 1 N–H and O–H groups in total. The van der Waals surface area contributed by atoms with Crippen molar-refractivity contribution in [3.63, 3.8) is 0 Å². The maximum atomic E-state index is 3.57. The monoisotopic (exact) mass is 226 g/mol. The summed E-state index contributed by atoms with van der Waals surface area (Å²) in [6.45, 7) is 17.4. The van der Waals surface area contributed by atoms with Gasteiger partial charge in [-0.25, -0.2) is 0 Å². The molecule has 0 radical (unpaired) electrons. The Labute approximate surface area is 102 Å². The highest BCUT2D eigenvalue weighted by Gasteiger charge is 2.28. The van der Waals surface area contributed by atoms with E-state index in [1.54, 1.807) is 0 Å². The highest BCUT2D eigenvalue weighted by Crippen LogP contribution is 2.33. The van der Waals surface area contributed by atoms with Crippen LogP contribution < -0.4 is 5.32 Å². The van der Waals surface area contributed by atoms with Crippen molar-refractivity contribution in [3.05, 3.63) is 0 Å². The second-order valence-electron chi connectivity index (χ2n) is 7.34. The number of piperidine rings is 1. The van der Waals surface area contributed by atoms with Gasteiger partial charge in [0.25, 0.3) is 0 Å². The summed E-state index contributed by atoms with van der Waals surface area (Å²) in [6.07, 6.45) is 2.71. The van der Waals surface area contributed by atoms with E-state index in [2.05, 4.69) is 51.8 Å². The summed E-state index contributed by atoms with van der Waals surface area (Å²) < 4.78 is 0. The topological polar surface area (TPSA) is 15.3 Å². The van der Waals surface area contributed by atoms with Crippen molar-refractivity contribution in [1.29, 1.82) is 0 Å².